The Labute approximate surface area is 173 Å². The van der Waals surface area contributed by atoms with E-state index in [0.717, 1.165) is 25.7 Å². The molecule has 0 aliphatic rings. The molecule has 0 amide bonds. The number of rotatable bonds is 13. The molecule has 0 saturated carbocycles. The van der Waals surface area contributed by atoms with Crippen molar-refractivity contribution >= 4 is 10.1 Å². The maximum atomic E-state index is 11.1. The van der Waals surface area contributed by atoms with Crippen molar-refractivity contribution in [3.8, 4) is 0 Å². The predicted molar refractivity (Wildman–Crippen MR) is 81.6 cm³/mol. The second-order valence-electron chi connectivity index (χ2n) is 5.69. The van der Waals surface area contributed by atoms with Crippen LogP contribution in [0.5, 0.6) is 0 Å². The van der Waals surface area contributed by atoms with Gasteiger partial charge in [0, 0.05) is 5.25 Å². The second-order valence-corrected chi connectivity index (χ2v) is 7.34. The minimum absolute atomic E-state index is 0. The van der Waals surface area contributed by atoms with Gasteiger partial charge in [-0.05, 0) is 25.7 Å². The first-order valence-corrected chi connectivity index (χ1v) is 9.51. The summed E-state index contributed by atoms with van der Waals surface area (Å²) >= 11 is 0. The Bertz CT molecular complexity index is 320. The van der Waals surface area contributed by atoms with Crippen molar-refractivity contribution in [2.24, 2.45) is 0 Å². The van der Waals surface area contributed by atoms with Gasteiger partial charge in [-0.1, -0.05) is 58.8 Å². The molecule has 1 N–H and O–H groups in total. The monoisotopic (exact) mass is 346 g/mol. The molecule has 0 aromatic carbocycles. The molecule has 122 valence electrons. The molecule has 0 aliphatic carbocycles. The molecule has 2 unspecified atom stereocenters. The fourth-order valence-electron chi connectivity index (χ4n) is 2.37. The average molecular weight is 347 g/mol. The van der Waals surface area contributed by atoms with Gasteiger partial charge in [-0.3, -0.25) is 0 Å². The van der Waals surface area contributed by atoms with E-state index in [1.54, 1.807) is 0 Å². The van der Waals surface area contributed by atoms with E-state index >= 15 is 0 Å². The third kappa shape index (κ3) is 14.8. The van der Waals surface area contributed by atoms with E-state index in [1.807, 2.05) is 6.92 Å². The number of aliphatic hydroxyl groups excluding tert-OH is 1. The van der Waals surface area contributed by atoms with Gasteiger partial charge in [0.2, 0.25) is 0 Å². The Morgan fingerprint density at radius 3 is 1.95 bits per heavy atom. The topological polar surface area (TPSA) is 77.4 Å². The van der Waals surface area contributed by atoms with E-state index in [1.165, 1.54) is 19.3 Å². The minimum Gasteiger partial charge on any atom is -0.748 e. The summed E-state index contributed by atoms with van der Waals surface area (Å²) in [7, 11) is -4.23. The van der Waals surface area contributed by atoms with Crippen LogP contribution in [-0.2, 0) is 10.1 Å². The molecule has 21 heavy (non-hydrogen) atoms. The Morgan fingerprint density at radius 2 is 1.43 bits per heavy atom. The molecule has 0 saturated heterocycles. The van der Waals surface area contributed by atoms with Crippen LogP contribution in [0.4, 0.5) is 0 Å². The van der Waals surface area contributed by atoms with E-state index in [-0.39, 0.29) is 51.4 Å². The van der Waals surface area contributed by atoms with E-state index in [4.69, 9.17) is 0 Å². The molecule has 0 fully saturated rings. The van der Waals surface area contributed by atoms with Gasteiger partial charge < -0.3 is 9.66 Å². The Balaban J connectivity index is 0. The van der Waals surface area contributed by atoms with Gasteiger partial charge in [0.1, 0.15) is 0 Å². The van der Waals surface area contributed by atoms with Crippen LogP contribution in [-0.4, -0.2) is 29.4 Å². The van der Waals surface area contributed by atoms with Crippen molar-refractivity contribution in [1.29, 1.82) is 0 Å². The summed E-state index contributed by atoms with van der Waals surface area (Å²) in [4.78, 5) is 0. The SMILES string of the molecule is CCCCCCCC(O)CCC(CCCC)S(=O)(=O)[O-].[K+]. The number of unbranched alkanes of at least 4 members (excludes halogenated alkanes) is 5. The van der Waals surface area contributed by atoms with Crippen LogP contribution in [0.2, 0.25) is 0 Å². The zero-order chi connectivity index (χ0) is 15.4. The third-order valence-electron chi connectivity index (χ3n) is 3.75. The molecule has 0 bridgehead atoms. The molecule has 0 aliphatic heterocycles. The standard InChI is InChI=1S/C15H32O4S.K/c1-3-5-7-8-9-10-14(16)12-13-15(11-6-4-2)20(17,18)19;/h14-16H,3-13H2,1-2H3,(H,17,18,19);/q;+1/p-1. The maximum Gasteiger partial charge on any atom is 1.00 e. The first-order valence-electron chi connectivity index (χ1n) is 8.04. The molecule has 2 atom stereocenters. The molecule has 6 heteroatoms. The summed E-state index contributed by atoms with van der Waals surface area (Å²) in [5, 5.41) is 9.03. The predicted octanol–water partition coefficient (Wildman–Crippen LogP) is 0.596. The fourth-order valence-corrected chi connectivity index (χ4v) is 3.25. The Morgan fingerprint density at radius 1 is 0.857 bits per heavy atom. The first kappa shape index (κ1) is 24.8. The van der Waals surface area contributed by atoms with Gasteiger partial charge in [-0.2, -0.15) is 0 Å². The van der Waals surface area contributed by atoms with Crippen LogP contribution in [0.3, 0.4) is 0 Å². The molecule has 0 aromatic heterocycles. The zero-order valence-electron chi connectivity index (χ0n) is 14.0. The number of hydrogen-bond acceptors (Lipinski definition) is 4. The smallest absolute Gasteiger partial charge is 0.748 e. The van der Waals surface area contributed by atoms with Gasteiger partial charge in [0.25, 0.3) is 0 Å². The van der Waals surface area contributed by atoms with Gasteiger partial charge in [0.05, 0.1) is 16.2 Å². The van der Waals surface area contributed by atoms with Crippen LogP contribution in [0, 0.1) is 0 Å². The van der Waals surface area contributed by atoms with Crippen LogP contribution >= 0.6 is 0 Å². The third-order valence-corrected chi connectivity index (χ3v) is 5.04. The molecular weight excluding hydrogens is 315 g/mol. The zero-order valence-corrected chi connectivity index (χ0v) is 18.0. The van der Waals surface area contributed by atoms with Gasteiger partial charge >= 0.3 is 51.4 Å². The van der Waals surface area contributed by atoms with E-state index in [9.17, 15) is 18.1 Å². The molecule has 0 spiro atoms. The van der Waals surface area contributed by atoms with Crippen LogP contribution in [0.25, 0.3) is 0 Å². The largest absolute Gasteiger partial charge is 1.00 e. The second kappa shape index (κ2) is 15.1. The van der Waals surface area contributed by atoms with E-state index in [2.05, 4.69) is 6.92 Å². The summed E-state index contributed by atoms with van der Waals surface area (Å²) in [6.07, 6.45) is 8.71. The first-order chi connectivity index (χ1) is 9.41. The molecule has 0 radical (unpaired) electrons. The van der Waals surface area contributed by atoms with Crippen molar-refractivity contribution in [2.75, 3.05) is 0 Å². The van der Waals surface area contributed by atoms with Gasteiger partial charge in [-0.15, -0.1) is 0 Å². The van der Waals surface area contributed by atoms with Crippen molar-refractivity contribution in [3.63, 3.8) is 0 Å². The van der Waals surface area contributed by atoms with Crippen molar-refractivity contribution in [1.82, 2.24) is 0 Å². The fraction of sp³-hybridized carbons (Fsp3) is 1.00. The minimum atomic E-state index is -4.23. The molecule has 0 rings (SSSR count). The molecule has 4 nitrogen and oxygen atoms in total. The molecule has 0 aromatic rings. The average Bonchev–Trinajstić information content (AvgIpc) is 2.37. The van der Waals surface area contributed by atoms with E-state index in [0.29, 0.717) is 25.7 Å². The summed E-state index contributed by atoms with van der Waals surface area (Å²) in [6.45, 7) is 4.13. The maximum absolute atomic E-state index is 11.1. The summed E-state index contributed by atoms with van der Waals surface area (Å²) in [5.41, 5.74) is 0. The van der Waals surface area contributed by atoms with Crippen molar-refractivity contribution in [2.45, 2.75) is 95.8 Å². The van der Waals surface area contributed by atoms with Gasteiger partial charge in [-0.25, -0.2) is 8.42 Å². The normalized spacial score (nSPS) is 14.5. The van der Waals surface area contributed by atoms with Crippen LogP contribution in [0.15, 0.2) is 0 Å². The summed E-state index contributed by atoms with van der Waals surface area (Å²) < 4.78 is 33.4. The van der Waals surface area contributed by atoms with Crippen molar-refractivity contribution < 1.29 is 69.5 Å². The molecule has 0 heterocycles. The van der Waals surface area contributed by atoms with Crippen LogP contribution < -0.4 is 51.4 Å². The van der Waals surface area contributed by atoms with Crippen molar-refractivity contribution in [3.05, 3.63) is 0 Å². The van der Waals surface area contributed by atoms with Gasteiger partial charge in [0.15, 0.2) is 0 Å². The van der Waals surface area contributed by atoms with E-state index < -0.39 is 21.5 Å². The Hall–Kier alpha value is 1.51. The van der Waals surface area contributed by atoms with Crippen LogP contribution in [0.1, 0.15) is 84.5 Å². The Kier molecular flexibility index (Phi) is 17.8. The number of aliphatic hydroxyl groups is 1. The molecular formula is C15H31KO4S. The summed E-state index contributed by atoms with van der Waals surface area (Å²) in [6, 6.07) is 0. The summed E-state index contributed by atoms with van der Waals surface area (Å²) in [5.74, 6) is 0. The quantitative estimate of drug-likeness (QED) is 0.301. The number of hydrogen-bond donors (Lipinski definition) is 1.